The van der Waals surface area contributed by atoms with Crippen LogP contribution in [0.5, 0.6) is 0 Å². The average molecular weight is 799 g/mol. The van der Waals surface area contributed by atoms with Gasteiger partial charge in [0.05, 0.1) is 0 Å². The molecule has 0 unspecified atom stereocenters. The molecule has 0 aliphatic rings. The van der Waals surface area contributed by atoms with E-state index < -0.39 is 0 Å². The normalized spacial score (nSPS) is 10.6. The summed E-state index contributed by atoms with van der Waals surface area (Å²) in [6.07, 6.45) is 11.6. The summed E-state index contributed by atoms with van der Waals surface area (Å²) in [5.41, 5.74) is 0. The van der Waals surface area contributed by atoms with E-state index >= 15 is 0 Å². The Morgan fingerprint density at radius 3 is 1.08 bits per heavy atom. The fourth-order valence-electron chi connectivity index (χ4n) is 2.37. The molecule has 3 aromatic rings. The van der Waals surface area contributed by atoms with Gasteiger partial charge in [-0.3, -0.25) is 0 Å². The topological polar surface area (TPSA) is 29.6 Å². The summed E-state index contributed by atoms with van der Waals surface area (Å²) < 4.78 is 13.7. The van der Waals surface area contributed by atoms with Gasteiger partial charge in [-0.15, -0.1) is 0 Å². The van der Waals surface area contributed by atoms with E-state index in [9.17, 15) is 0 Å². The molecule has 0 aliphatic heterocycles. The third-order valence-corrected chi connectivity index (χ3v) is 5.16. The Balaban J connectivity index is 0.000000701. The van der Waals surface area contributed by atoms with Crippen molar-refractivity contribution in [2.75, 3.05) is 0 Å². The van der Waals surface area contributed by atoms with Gasteiger partial charge in [0.1, 0.15) is 0 Å². The predicted molar refractivity (Wildman–Crippen MR) is 123 cm³/mol. The molecule has 0 amide bonds. The van der Waals surface area contributed by atoms with Gasteiger partial charge in [-0.05, 0) is 36.7 Å². The summed E-state index contributed by atoms with van der Waals surface area (Å²) in [5.74, 6) is 0. The summed E-state index contributed by atoms with van der Waals surface area (Å²) in [6.45, 7) is 0. The number of imidazole rings is 3. The summed E-state index contributed by atoms with van der Waals surface area (Å²) >= 11 is 21.9. The molecule has 138 valence electrons. The third kappa shape index (κ3) is 4.68. The summed E-state index contributed by atoms with van der Waals surface area (Å²) in [6, 6.07) is 0. The number of nitrogens with zero attached hydrogens (tertiary/aromatic N) is 6. The fourth-order valence-corrected chi connectivity index (χ4v) is 3.02. The van der Waals surface area contributed by atoms with E-state index in [-0.39, 0.29) is 7.12 Å². The first-order valence-electron chi connectivity index (χ1n) is 6.86. The van der Waals surface area contributed by atoms with Gasteiger partial charge in [0, 0.05) is 58.3 Å². The molecule has 0 bridgehead atoms. The number of halogens is 2. The molecule has 0 aromatic carbocycles. The monoisotopic (exact) mass is 799 g/mol. The first-order valence-corrected chi connectivity index (χ1v) is 21.0. The fraction of sp³-hybridized carbons (Fsp3) is 0.250. The van der Waals surface area contributed by atoms with E-state index in [4.69, 9.17) is 36.7 Å². The molecule has 0 fully saturated rings. The van der Waals surface area contributed by atoms with Crippen LogP contribution in [0.15, 0.2) is 37.2 Å². The second kappa shape index (κ2) is 9.62. The molecule has 0 saturated heterocycles. The van der Waals surface area contributed by atoms with Crippen LogP contribution in [-0.2, 0) is 32.3 Å². The van der Waals surface area contributed by atoms with Gasteiger partial charge in [-0.2, -0.15) is 0 Å². The van der Waals surface area contributed by atoms with E-state index in [1.54, 1.807) is 0 Å². The van der Waals surface area contributed by atoms with E-state index in [1.165, 1.54) is 0 Å². The van der Waals surface area contributed by atoms with Crippen molar-refractivity contribution in [3.8, 4) is 0 Å². The zero-order valence-corrected chi connectivity index (χ0v) is 22.6. The van der Waals surface area contributed by atoms with Crippen molar-refractivity contribution in [3.63, 3.8) is 0 Å². The Hall–Kier alpha value is 0.503. The number of aryl methyl sites for hydroxylation is 3. The first kappa shape index (κ1) is 21.8. The Kier molecular flexibility index (Phi) is 8.39. The van der Waals surface area contributed by atoms with Crippen molar-refractivity contribution in [2.24, 2.45) is 21.1 Å². The van der Waals surface area contributed by atoms with Gasteiger partial charge < -0.3 is 27.1 Å². The van der Waals surface area contributed by atoms with Crippen LogP contribution < -0.4 is 0 Å². The van der Waals surface area contributed by atoms with Crippen molar-refractivity contribution in [2.45, 2.75) is 0 Å². The SMILES string of the molecule is Cn1ccn(B(n2ccn(C)c2=S)n2ccn(C)c2=S)c1=S.[I][Pt][I]. The zero-order chi connectivity index (χ0) is 18.7. The van der Waals surface area contributed by atoms with Gasteiger partial charge in [0.15, 0.2) is 14.3 Å². The van der Waals surface area contributed by atoms with Gasteiger partial charge in [0.25, 0.3) is 0 Å². The summed E-state index contributed by atoms with van der Waals surface area (Å²) in [5, 5.41) is 0. The molecule has 25 heavy (non-hydrogen) atoms. The number of hydrogen-bond acceptors (Lipinski definition) is 3. The zero-order valence-electron chi connectivity index (χ0n) is 13.5. The molecule has 0 aliphatic carbocycles. The molecular formula is C12H15BI2N6PtS3. The van der Waals surface area contributed by atoms with Crippen molar-refractivity contribution < 1.29 is 11.2 Å². The molecule has 6 nitrogen and oxygen atoms in total. The van der Waals surface area contributed by atoms with Crippen LogP contribution in [0, 0.1) is 14.3 Å². The van der Waals surface area contributed by atoms with E-state index in [0.717, 1.165) is 0 Å². The minimum atomic E-state index is -0.268. The standard InChI is InChI=1S/C12H15BN6S3.2HI.Pt/c1-14-4-7-17(10(14)20)13(18-8-5-15(2)11(18)21)19-9-6-16(3)12(19)22;;;/h4-9H,1-3H3;2*1H;/q;;;+2/p-2. The molecule has 0 radical (unpaired) electrons. The molecular weight excluding hydrogens is 784 g/mol. The maximum atomic E-state index is 5.52. The second-order valence-electron chi connectivity index (χ2n) is 5.19. The van der Waals surface area contributed by atoms with Crippen molar-refractivity contribution in [1.82, 2.24) is 27.1 Å². The maximum absolute atomic E-state index is 5.52. The van der Waals surface area contributed by atoms with Crippen LogP contribution in [-0.4, -0.2) is 34.3 Å². The van der Waals surface area contributed by atoms with Crippen molar-refractivity contribution in [1.29, 1.82) is 0 Å². The number of hydrogen-bond donors (Lipinski definition) is 0. The first-order chi connectivity index (χ1) is 11.8. The van der Waals surface area contributed by atoms with Crippen LogP contribution in [0.4, 0.5) is 0 Å². The predicted octanol–water partition coefficient (Wildman–Crippen LogP) is 3.99. The molecule has 0 atom stereocenters. The minimum absolute atomic E-state index is 0.268. The van der Waals surface area contributed by atoms with Gasteiger partial charge >= 0.3 is 57.0 Å². The quantitative estimate of drug-likeness (QED) is 0.228. The Morgan fingerprint density at radius 1 is 0.680 bits per heavy atom. The van der Waals surface area contributed by atoms with Crippen LogP contribution in [0.3, 0.4) is 0 Å². The second-order valence-corrected chi connectivity index (χ2v) is 22.9. The summed E-state index contributed by atoms with van der Waals surface area (Å²) in [7, 11) is 5.50. The van der Waals surface area contributed by atoms with Gasteiger partial charge in [-0.1, -0.05) is 0 Å². The van der Waals surface area contributed by atoms with Crippen LogP contribution in [0.25, 0.3) is 0 Å². The van der Waals surface area contributed by atoms with Gasteiger partial charge in [-0.25, -0.2) is 0 Å². The average Bonchev–Trinajstić information content (AvgIpc) is 3.19. The van der Waals surface area contributed by atoms with Crippen molar-refractivity contribution in [3.05, 3.63) is 51.5 Å². The Bertz CT molecular complexity index is 900. The van der Waals surface area contributed by atoms with Crippen molar-refractivity contribution >= 4 is 82.5 Å². The number of aromatic nitrogens is 6. The Labute approximate surface area is 191 Å². The molecule has 3 rings (SSSR count). The summed E-state index contributed by atoms with van der Waals surface area (Å²) in [4.78, 5) is 0. The molecule has 13 heteroatoms. The third-order valence-electron chi connectivity index (χ3n) is 3.67. The molecule has 3 heterocycles. The van der Waals surface area contributed by atoms with Gasteiger partial charge in [0.2, 0.25) is 0 Å². The molecule has 0 saturated carbocycles. The van der Waals surface area contributed by atoms with E-state index in [1.807, 2.05) is 85.5 Å². The molecule has 3 aromatic heterocycles. The van der Waals surface area contributed by atoms with E-state index in [0.29, 0.717) is 25.5 Å². The van der Waals surface area contributed by atoms with Crippen LogP contribution in [0.1, 0.15) is 0 Å². The Morgan fingerprint density at radius 2 is 0.920 bits per heavy atom. The van der Waals surface area contributed by atoms with E-state index in [2.05, 4.69) is 38.7 Å². The molecule has 0 spiro atoms. The van der Waals surface area contributed by atoms with Crippen LogP contribution in [0.2, 0.25) is 0 Å². The molecule has 0 N–H and O–H groups in total. The van der Waals surface area contributed by atoms with Crippen LogP contribution >= 0.6 is 75.4 Å². The number of rotatable bonds is 3.